The third-order valence-corrected chi connectivity index (χ3v) is 4.39. The van der Waals surface area contributed by atoms with Gasteiger partial charge in [0.2, 0.25) is 0 Å². The largest absolute Gasteiger partial charge is 0.379 e. The maximum Gasteiger partial charge on any atom is 0.271 e. The summed E-state index contributed by atoms with van der Waals surface area (Å²) in [5.74, 6) is -0.389. The van der Waals surface area contributed by atoms with Crippen molar-refractivity contribution in [2.75, 3.05) is 13.2 Å². The number of hydrogen-bond acceptors (Lipinski definition) is 5. The van der Waals surface area contributed by atoms with Crippen LogP contribution in [-0.4, -0.2) is 34.5 Å². The molecule has 7 heteroatoms. The van der Waals surface area contributed by atoms with Gasteiger partial charge in [0, 0.05) is 29.9 Å². The molecule has 0 saturated carbocycles. The number of hydrogen-bond donors (Lipinski definition) is 1. The highest BCUT2D eigenvalue weighted by Gasteiger charge is 2.16. The molecule has 0 bridgehead atoms. The number of carbonyl (C=O) groups is 1. The Bertz CT molecular complexity index is 733. The summed E-state index contributed by atoms with van der Waals surface area (Å²) in [4.78, 5) is 30.4. The van der Waals surface area contributed by atoms with Crippen molar-refractivity contribution < 1.29 is 9.53 Å². The van der Waals surface area contributed by atoms with Crippen molar-refractivity contribution in [3.63, 3.8) is 0 Å². The van der Waals surface area contributed by atoms with Crippen LogP contribution in [0.2, 0.25) is 0 Å². The third kappa shape index (κ3) is 3.53. The van der Waals surface area contributed by atoms with Gasteiger partial charge in [-0.3, -0.25) is 14.0 Å². The summed E-state index contributed by atoms with van der Waals surface area (Å²) < 4.78 is 6.90. The van der Waals surface area contributed by atoms with Crippen LogP contribution in [0.15, 0.2) is 11.0 Å². The van der Waals surface area contributed by atoms with E-state index in [1.165, 1.54) is 21.9 Å². The standard InChI is InChI=1S/C15H21N3O3S/c1-9(2)21-7-5-6-16-13(19)12-8-17-15-18(14(12)20)10(3)11(4)22-15/h8-9H,5-7H2,1-4H3,(H,16,19). The van der Waals surface area contributed by atoms with E-state index in [4.69, 9.17) is 4.74 Å². The van der Waals surface area contributed by atoms with Gasteiger partial charge in [0.15, 0.2) is 4.96 Å². The van der Waals surface area contributed by atoms with E-state index >= 15 is 0 Å². The van der Waals surface area contributed by atoms with Crippen LogP contribution in [0.5, 0.6) is 0 Å². The van der Waals surface area contributed by atoms with Gasteiger partial charge in [-0.2, -0.15) is 0 Å². The number of aromatic nitrogens is 2. The molecule has 0 aliphatic carbocycles. The molecule has 0 fully saturated rings. The minimum absolute atomic E-state index is 0.0724. The lowest BCUT2D eigenvalue weighted by Gasteiger charge is -2.08. The van der Waals surface area contributed by atoms with E-state index in [1.54, 1.807) is 0 Å². The van der Waals surface area contributed by atoms with Crippen molar-refractivity contribution in [2.24, 2.45) is 0 Å². The van der Waals surface area contributed by atoms with E-state index in [2.05, 4.69) is 10.3 Å². The van der Waals surface area contributed by atoms with Gasteiger partial charge < -0.3 is 10.1 Å². The van der Waals surface area contributed by atoms with E-state index in [9.17, 15) is 9.59 Å². The molecule has 2 aromatic heterocycles. The molecule has 0 aliphatic rings. The number of amides is 1. The third-order valence-electron chi connectivity index (χ3n) is 3.32. The van der Waals surface area contributed by atoms with Crippen LogP contribution < -0.4 is 10.9 Å². The second kappa shape index (κ2) is 7.02. The van der Waals surface area contributed by atoms with Gasteiger partial charge in [0.25, 0.3) is 11.5 Å². The molecule has 0 unspecified atom stereocenters. The minimum atomic E-state index is -0.389. The number of nitrogens with zero attached hydrogens (tertiary/aromatic N) is 2. The Morgan fingerprint density at radius 2 is 2.18 bits per heavy atom. The Morgan fingerprint density at radius 3 is 2.86 bits per heavy atom. The van der Waals surface area contributed by atoms with Crippen LogP contribution in [0.3, 0.4) is 0 Å². The summed E-state index contributed by atoms with van der Waals surface area (Å²) in [6.07, 6.45) is 2.24. The van der Waals surface area contributed by atoms with Crippen LogP contribution in [0.4, 0.5) is 0 Å². The SMILES string of the molecule is Cc1sc2ncc(C(=O)NCCCOC(C)C)c(=O)n2c1C. The fourth-order valence-corrected chi connectivity index (χ4v) is 2.95. The number of carbonyl (C=O) groups excluding carboxylic acids is 1. The lowest BCUT2D eigenvalue weighted by atomic mass is 10.3. The number of ether oxygens (including phenoxy) is 1. The predicted molar refractivity (Wildman–Crippen MR) is 86.9 cm³/mol. The van der Waals surface area contributed by atoms with Crippen LogP contribution in [-0.2, 0) is 4.74 Å². The molecule has 0 spiro atoms. The Balaban J connectivity index is 2.07. The summed E-state index contributed by atoms with van der Waals surface area (Å²) in [7, 11) is 0. The predicted octanol–water partition coefficient (Wildman–Crippen LogP) is 1.92. The van der Waals surface area contributed by atoms with E-state index in [0.29, 0.717) is 24.5 Å². The average molecular weight is 323 g/mol. The highest BCUT2D eigenvalue weighted by molar-refractivity contribution is 7.17. The topological polar surface area (TPSA) is 72.7 Å². The zero-order chi connectivity index (χ0) is 16.3. The summed E-state index contributed by atoms with van der Waals surface area (Å²) >= 11 is 1.44. The summed E-state index contributed by atoms with van der Waals surface area (Å²) in [5.41, 5.74) is 0.587. The molecule has 0 saturated heterocycles. The minimum Gasteiger partial charge on any atom is -0.379 e. The zero-order valence-electron chi connectivity index (χ0n) is 13.3. The van der Waals surface area contributed by atoms with E-state index in [-0.39, 0.29) is 23.1 Å². The van der Waals surface area contributed by atoms with Gasteiger partial charge in [-0.15, -0.1) is 11.3 Å². The lowest BCUT2D eigenvalue weighted by molar-refractivity contribution is 0.0757. The lowest BCUT2D eigenvalue weighted by Crippen LogP contribution is -2.32. The molecular formula is C15H21N3O3S. The molecule has 1 N–H and O–H groups in total. The van der Waals surface area contributed by atoms with Gasteiger partial charge in [-0.25, -0.2) is 4.98 Å². The number of nitrogens with one attached hydrogen (secondary N) is 1. The maximum atomic E-state index is 12.4. The Labute approximate surface area is 133 Å². The molecule has 6 nitrogen and oxygen atoms in total. The van der Waals surface area contributed by atoms with Gasteiger partial charge in [0.05, 0.1) is 6.10 Å². The first-order valence-electron chi connectivity index (χ1n) is 7.29. The molecule has 2 rings (SSSR count). The Kier molecular flexibility index (Phi) is 5.31. The number of aryl methyl sites for hydroxylation is 2. The molecule has 0 aromatic carbocycles. The molecule has 2 aromatic rings. The molecule has 0 aliphatic heterocycles. The van der Waals surface area contributed by atoms with Gasteiger partial charge in [0.1, 0.15) is 5.56 Å². The monoisotopic (exact) mass is 323 g/mol. The fraction of sp³-hybridized carbons (Fsp3) is 0.533. The van der Waals surface area contributed by atoms with Gasteiger partial charge in [-0.1, -0.05) is 0 Å². The Morgan fingerprint density at radius 1 is 1.45 bits per heavy atom. The molecular weight excluding hydrogens is 302 g/mol. The van der Waals surface area contributed by atoms with Crippen molar-refractivity contribution in [3.05, 3.63) is 32.7 Å². The molecule has 0 atom stereocenters. The molecule has 1 amide bonds. The molecule has 2 heterocycles. The zero-order valence-corrected chi connectivity index (χ0v) is 14.1. The first kappa shape index (κ1) is 16.6. The second-order valence-electron chi connectivity index (χ2n) is 5.37. The van der Waals surface area contributed by atoms with E-state index < -0.39 is 0 Å². The summed E-state index contributed by atoms with van der Waals surface area (Å²) in [6.45, 7) is 8.76. The van der Waals surface area contributed by atoms with E-state index in [0.717, 1.165) is 10.6 Å². The quantitative estimate of drug-likeness (QED) is 0.824. The molecule has 0 radical (unpaired) electrons. The molecule has 120 valence electrons. The Hall–Kier alpha value is -1.73. The highest BCUT2D eigenvalue weighted by atomic mass is 32.1. The van der Waals surface area contributed by atoms with Crippen molar-refractivity contribution in [3.8, 4) is 0 Å². The van der Waals surface area contributed by atoms with Crippen molar-refractivity contribution in [2.45, 2.75) is 40.2 Å². The average Bonchev–Trinajstić information content (AvgIpc) is 2.74. The second-order valence-corrected chi connectivity index (χ2v) is 6.55. The van der Waals surface area contributed by atoms with Crippen LogP contribution in [0.25, 0.3) is 4.96 Å². The maximum absolute atomic E-state index is 12.4. The van der Waals surface area contributed by atoms with Crippen LogP contribution >= 0.6 is 11.3 Å². The van der Waals surface area contributed by atoms with Crippen molar-refractivity contribution in [1.82, 2.24) is 14.7 Å². The highest BCUT2D eigenvalue weighted by Crippen LogP contribution is 2.18. The number of fused-ring (bicyclic) bond motifs is 1. The van der Waals surface area contributed by atoms with Crippen molar-refractivity contribution in [1.29, 1.82) is 0 Å². The van der Waals surface area contributed by atoms with Crippen LogP contribution in [0, 0.1) is 13.8 Å². The molecule has 22 heavy (non-hydrogen) atoms. The smallest absolute Gasteiger partial charge is 0.271 e. The summed E-state index contributed by atoms with van der Waals surface area (Å²) in [6, 6.07) is 0. The van der Waals surface area contributed by atoms with Crippen LogP contribution in [0.1, 0.15) is 41.2 Å². The normalized spacial score (nSPS) is 11.3. The summed E-state index contributed by atoms with van der Waals surface area (Å²) in [5, 5.41) is 2.74. The fourth-order valence-electron chi connectivity index (χ4n) is 2.02. The van der Waals surface area contributed by atoms with Gasteiger partial charge in [-0.05, 0) is 34.1 Å². The first-order valence-corrected chi connectivity index (χ1v) is 8.11. The number of thiazole rings is 1. The first-order chi connectivity index (χ1) is 10.4. The number of rotatable bonds is 6. The van der Waals surface area contributed by atoms with Crippen molar-refractivity contribution >= 4 is 22.2 Å². The van der Waals surface area contributed by atoms with Gasteiger partial charge >= 0.3 is 0 Å². The van der Waals surface area contributed by atoms with E-state index in [1.807, 2.05) is 27.7 Å².